The Kier molecular flexibility index (Phi) is 6.71. The van der Waals surface area contributed by atoms with E-state index in [0.29, 0.717) is 38.0 Å². The van der Waals surface area contributed by atoms with Gasteiger partial charge in [0, 0.05) is 38.4 Å². The third kappa shape index (κ3) is 4.74. The van der Waals surface area contributed by atoms with E-state index in [-0.39, 0.29) is 29.8 Å². The minimum atomic E-state index is -1.02. The van der Waals surface area contributed by atoms with Crippen molar-refractivity contribution in [1.82, 2.24) is 24.9 Å². The largest absolute Gasteiger partial charge is 0.480 e. The van der Waals surface area contributed by atoms with Gasteiger partial charge in [0.25, 0.3) is 5.91 Å². The number of carboxylic acid groups (broad SMARTS) is 1. The van der Waals surface area contributed by atoms with Crippen molar-refractivity contribution >= 4 is 29.5 Å². The number of aromatic nitrogens is 2. The number of hydrogen-bond donors (Lipinski definition) is 2. The van der Waals surface area contributed by atoms with Gasteiger partial charge in [0.05, 0.1) is 17.4 Å². The summed E-state index contributed by atoms with van der Waals surface area (Å²) < 4.78 is 1.62. The third-order valence-electron chi connectivity index (χ3n) is 6.17. The second-order valence-electron chi connectivity index (χ2n) is 9.41. The average molecular weight is 452 g/mol. The van der Waals surface area contributed by atoms with Gasteiger partial charge in [-0.15, -0.1) is 0 Å². The molecule has 0 aliphatic carbocycles. The number of carbonyl (C=O) groups excluding carboxylic acids is 2. The molecule has 3 heterocycles. The Morgan fingerprint density at radius 1 is 1.32 bits per heavy atom. The van der Waals surface area contributed by atoms with Crippen LogP contribution in [0, 0.1) is 0 Å². The summed E-state index contributed by atoms with van der Waals surface area (Å²) in [6.07, 6.45) is 3.64. The van der Waals surface area contributed by atoms with Crippen molar-refractivity contribution < 1.29 is 19.5 Å². The number of likely N-dealkylation sites (tertiary alicyclic amines) is 1. The number of nitrogens with one attached hydrogen (secondary N) is 1. The van der Waals surface area contributed by atoms with Crippen LogP contribution < -0.4 is 5.32 Å². The quantitative estimate of drug-likeness (QED) is 0.671. The zero-order chi connectivity index (χ0) is 23.0. The Morgan fingerprint density at radius 3 is 2.48 bits per heavy atom. The predicted molar refractivity (Wildman–Crippen MR) is 119 cm³/mol. The Morgan fingerprint density at radius 2 is 1.97 bits per heavy atom. The van der Waals surface area contributed by atoms with E-state index in [2.05, 4.69) is 31.2 Å². The molecular formula is C21H33N5O4S. The Bertz CT molecular complexity index is 854. The average Bonchev–Trinajstić information content (AvgIpc) is 3.20. The maximum atomic E-state index is 13.2. The van der Waals surface area contributed by atoms with Crippen LogP contribution in [0.1, 0.15) is 56.2 Å². The first kappa shape index (κ1) is 23.6. The number of carbonyl (C=O) groups is 3. The maximum Gasteiger partial charge on any atom is 0.323 e. The van der Waals surface area contributed by atoms with Crippen molar-refractivity contribution in [2.45, 2.75) is 57.2 Å². The highest BCUT2D eigenvalue weighted by Crippen LogP contribution is 2.34. The van der Waals surface area contributed by atoms with Crippen LogP contribution in [0.25, 0.3) is 0 Å². The van der Waals surface area contributed by atoms with Gasteiger partial charge >= 0.3 is 5.97 Å². The molecule has 172 valence electrons. The monoisotopic (exact) mass is 451 g/mol. The van der Waals surface area contributed by atoms with Gasteiger partial charge in [-0.3, -0.25) is 24.4 Å². The van der Waals surface area contributed by atoms with Crippen LogP contribution in [0.15, 0.2) is 6.07 Å². The van der Waals surface area contributed by atoms with E-state index in [1.807, 2.05) is 12.3 Å². The van der Waals surface area contributed by atoms with Gasteiger partial charge in [-0.25, -0.2) is 0 Å². The zero-order valence-corrected chi connectivity index (χ0v) is 19.8. The molecule has 2 aliphatic heterocycles. The Balaban J connectivity index is 1.74. The summed E-state index contributed by atoms with van der Waals surface area (Å²) in [5.74, 6) is -0.448. The van der Waals surface area contributed by atoms with Crippen LogP contribution >= 0.6 is 11.8 Å². The highest BCUT2D eigenvalue weighted by atomic mass is 32.2. The summed E-state index contributed by atoms with van der Waals surface area (Å²) in [4.78, 5) is 40.7. The van der Waals surface area contributed by atoms with Gasteiger partial charge in [0.1, 0.15) is 12.2 Å². The molecule has 2 amide bonds. The summed E-state index contributed by atoms with van der Waals surface area (Å²) in [6.45, 7) is 6.73. The molecule has 9 nitrogen and oxygen atoms in total. The van der Waals surface area contributed by atoms with Gasteiger partial charge < -0.3 is 14.9 Å². The molecule has 0 radical (unpaired) electrons. The standard InChI is InChI=1S/C21H33N5O4S/c1-20(2,3)16-12-15(24(4)23-16)19(30)25-9-7-21(8-10-25)22-14(6-11-31-5)18(29)26(21)13-17(27)28/h12,14,22H,6-11,13H2,1-5H3,(H,27,28). The van der Waals surface area contributed by atoms with Gasteiger partial charge in [-0.2, -0.15) is 16.9 Å². The molecule has 3 rings (SSSR count). The topological polar surface area (TPSA) is 108 Å². The van der Waals surface area contributed by atoms with E-state index in [1.165, 1.54) is 4.90 Å². The van der Waals surface area contributed by atoms with E-state index in [1.54, 1.807) is 28.4 Å². The lowest BCUT2D eigenvalue weighted by atomic mass is 9.92. The van der Waals surface area contributed by atoms with Crippen molar-refractivity contribution in [1.29, 1.82) is 0 Å². The molecule has 1 atom stereocenters. The number of carboxylic acids is 1. The van der Waals surface area contributed by atoms with Crippen molar-refractivity contribution in [3.05, 3.63) is 17.5 Å². The van der Waals surface area contributed by atoms with Crippen LogP contribution in [0.5, 0.6) is 0 Å². The van der Waals surface area contributed by atoms with Crippen molar-refractivity contribution in [2.75, 3.05) is 31.6 Å². The lowest BCUT2D eigenvalue weighted by Crippen LogP contribution is -2.60. The van der Waals surface area contributed by atoms with E-state index in [0.717, 1.165) is 11.4 Å². The summed E-state index contributed by atoms with van der Waals surface area (Å²) in [6, 6.07) is 1.47. The van der Waals surface area contributed by atoms with Crippen molar-refractivity contribution in [2.24, 2.45) is 7.05 Å². The van der Waals surface area contributed by atoms with Gasteiger partial charge in [-0.1, -0.05) is 20.8 Å². The van der Waals surface area contributed by atoms with Crippen LogP contribution in [0.4, 0.5) is 0 Å². The predicted octanol–water partition coefficient (Wildman–Crippen LogP) is 1.29. The SMILES string of the molecule is CSCCC1NC2(CCN(C(=O)c3cc(C(C)(C)C)nn3C)CC2)N(CC(=O)O)C1=O. The summed E-state index contributed by atoms with van der Waals surface area (Å²) in [5, 5.41) is 17.3. The second-order valence-corrected chi connectivity index (χ2v) is 10.4. The van der Waals surface area contributed by atoms with E-state index < -0.39 is 11.6 Å². The van der Waals surface area contributed by atoms with E-state index >= 15 is 0 Å². The molecule has 2 fully saturated rings. The number of aliphatic carboxylic acids is 1. The number of hydrogen-bond acceptors (Lipinski definition) is 6. The number of rotatable bonds is 6. The molecule has 0 saturated carbocycles. The number of aryl methyl sites for hydroxylation is 1. The number of piperidine rings is 1. The number of nitrogens with zero attached hydrogens (tertiary/aromatic N) is 4. The van der Waals surface area contributed by atoms with Gasteiger partial charge in [-0.05, 0) is 24.5 Å². The summed E-state index contributed by atoms with van der Waals surface area (Å²) in [5.41, 5.74) is 0.536. The first-order valence-corrected chi connectivity index (χ1v) is 12.0. The van der Waals surface area contributed by atoms with Crippen LogP contribution in [0.3, 0.4) is 0 Å². The minimum Gasteiger partial charge on any atom is -0.480 e. The Labute approximate surface area is 187 Å². The highest BCUT2D eigenvalue weighted by molar-refractivity contribution is 7.98. The van der Waals surface area contributed by atoms with Crippen LogP contribution in [-0.4, -0.2) is 85.8 Å². The van der Waals surface area contributed by atoms with Gasteiger partial charge in [0.2, 0.25) is 5.91 Å². The molecule has 2 aliphatic rings. The number of thioether (sulfide) groups is 1. The first-order valence-electron chi connectivity index (χ1n) is 10.6. The van der Waals surface area contributed by atoms with Crippen molar-refractivity contribution in [3.8, 4) is 0 Å². The third-order valence-corrected chi connectivity index (χ3v) is 6.82. The molecule has 1 unspecified atom stereocenters. The number of amides is 2. The fraction of sp³-hybridized carbons (Fsp3) is 0.714. The van der Waals surface area contributed by atoms with Crippen molar-refractivity contribution in [3.63, 3.8) is 0 Å². The summed E-state index contributed by atoms with van der Waals surface area (Å²) >= 11 is 1.66. The molecule has 10 heteroatoms. The highest BCUT2D eigenvalue weighted by Gasteiger charge is 2.52. The zero-order valence-electron chi connectivity index (χ0n) is 19.0. The second kappa shape index (κ2) is 8.82. The minimum absolute atomic E-state index is 0.0895. The smallest absolute Gasteiger partial charge is 0.323 e. The summed E-state index contributed by atoms with van der Waals surface area (Å²) in [7, 11) is 1.77. The molecule has 1 aromatic rings. The van der Waals surface area contributed by atoms with E-state index in [4.69, 9.17) is 0 Å². The lowest BCUT2D eigenvalue weighted by Gasteiger charge is -2.44. The molecular weight excluding hydrogens is 418 g/mol. The molecule has 0 bridgehead atoms. The normalized spacial score (nSPS) is 21.2. The molecule has 0 aromatic carbocycles. The fourth-order valence-electron chi connectivity index (χ4n) is 4.35. The van der Waals surface area contributed by atoms with Gasteiger partial charge in [0.15, 0.2) is 0 Å². The molecule has 2 N–H and O–H groups in total. The maximum absolute atomic E-state index is 13.2. The lowest BCUT2D eigenvalue weighted by molar-refractivity contribution is -0.147. The van der Waals surface area contributed by atoms with E-state index in [9.17, 15) is 19.5 Å². The molecule has 31 heavy (non-hydrogen) atoms. The first-order chi connectivity index (χ1) is 14.5. The molecule has 2 saturated heterocycles. The van der Waals surface area contributed by atoms with Crippen LogP contribution in [0.2, 0.25) is 0 Å². The fourth-order valence-corrected chi connectivity index (χ4v) is 4.82. The molecule has 1 spiro atoms. The Hall–Kier alpha value is -2.07. The van der Waals surface area contributed by atoms with Crippen LogP contribution in [-0.2, 0) is 22.1 Å². The molecule has 1 aromatic heterocycles.